The summed E-state index contributed by atoms with van der Waals surface area (Å²) >= 11 is 0. The molecule has 0 amide bonds. The average molecular weight is 791 g/mol. The number of esters is 2. The summed E-state index contributed by atoms with van der Waals surface area (Å²) in [4.78, 5) is 48.1. The number of carbonyl (C=O) groups is 4. The van der Waals surface area contributed by atoms with Crippen molar-refractivity contribution >= 4 is 23.7 Å². The molecule has 7 atom stereocenters. The average Bonchev–Trinajstić information content (AvgIpc) is 3.69. The number of carboxylic acid groups (broad SMARTS) is 1. The normalized spacial score (nSPS) is 30.1. The first-order valence-corrected chi connectivity index (χ1v) is 19.4. The minimum atomic E-state index is -2.29. The highest BCUT2D eigenvalue weighted by atomic mass is 16.6. The summed E-state index contributed by atoms with van der Waals surface area (Å²) < 4.78 is 17.0. The van der Waals surface area contributed by atoms with Crippen LogP contribution in [-0.2, 0) is 33.4 Å². The van der Waals surface area contributed by atoms with Crippen molar-refractivity contribution in [2.75, 3.05) is 0 Å². The van der Waals surface area contributed by atoms with Gasteiger partial charge in [-0.15, -0.1) is 5.73 Å². The Kier molecular flexibility index (Phi) is 15.2. The Bertz CT molecular complexity index is 1840. The van der Waals surface area contributed by atoms with Gasteiger partial charge >= 0.3 is 17.9 Å². The number of ketones is 1. The number of hydrogen-bond donors (Lipinski definition) is 4. The minimum absolute atomic E-state index is 0.0721. The number of aliphatic carboxylic acids is 1. The number of epoxide rings is 1. The number of allylic oxidation sites excluding steroid dienone is 14. The first kappa shape index (κ1) is 47.0. The van der Waals surface area contributed by atoms with Crippen molar-refractivity contribution in [2.24, 2.45) is 10.8 Å². The number of rotatable bonds is 15. The van der Waals surface area contributed by atoms with Crippen LogP contribution in [0.3, 0.4) is 0 Å². The molecule has 11 nitrogen and oxygen atoms in total. The van der Waals surface area contributed by atoms with Crippen molar-refractivity contribution in [3.05, 3.63) is 100 Å². The summed E-state index contributed by atoms with van der Waals surface area (Å²) in [6.07, 6.45) is 17.3. The summed E-state index contributed by atoms with van der Waals surface area (Å²) in [6, 6.07) is 0. The Hall–Kier alpha value is -4.38. The fourth-order valence-electron chi connectivity index (χ4n) is 8.30. The number of hydrogen-bond acceptors (Lipinski definition) is 10. The van der Waals surface area contributed by atoms with Gasteiger partial charge < -0.3 is 34.6 Å². The van der Waals surface area contributed by atoms with Crippen LogP contribution in [0.1, 0.15) is 108 Å². The number of aliphatic hydroxyl groups excluding tert-OH is 2. The highest BCUT2D eigenvalue weighted by Gasteiger charge is 2.76. The van der Waals surface area contributed by atoms with E-state index >= 15 is 0 Å². The first-order chi connectivity index (χ1) is 26.3. The second-order valence-corrected chi connectivity index (χ2v) is 17.5. The zero-order chi connectivity index (χ0) is 43.1. The van der Waals surface area contributed by atoms with E-state index < -0.39 is 52.5 Å². The summed E-state index contributed by atoms with van der Waals surface area (Å²) in [5.41, 5.74) is 4.03. The summed E-state index contributed by atoms with van der Waals surface area (Å²) in [5, 5.41) is 39.4. The second-order valence-electron chi connectivity index (χ2n) is 17.5. The highest BCUT2D eigenvalue weighted by molar-refractivity contribution is 5.96. The van der Waals surface area contributed by atoms with Crippen molar-refractivity contribution < 1.29 is 53.8 Å². The number of carbonyl (C=O) groups excluding carboxylic acids is 3. The Balaban J connectivity index is 1.54. The molecular formula is C46H62O11. The van der Waals surface area contributed by atoms with Crippen LogP contribution in [-0.4, -0.2) is 85.3 Å². The van der Waals surface area contributed by atoms with Crippen LogP contribution in [0.2, 0.25) is 0 Å². The molecule has 312 valence electrons. The van der Waals surface area contributed by atoms with Crippen LogP contribution in [0, 0.1) is 10.8 Å². The van der Waals surface area contributed by atoms with Gasteiger partial charge in [0.1, 0.15) is 17.8 Å². The molecule has 0 spiro atoms. The molecule has 0 aromatic heterocycles. The zero-order valence-electron chi connectivity index (χ0n) is 35.3. The maximum absolute atomic E-state index is 13.4. The molecule has 1 aliphatic heterocycles. The molecule has 3 aliphatic rings. The number of carboxylic acids is 1. The number of fused-ring (bicyclic) bond motifs is 1. The second kappa shape index (κ2) is 18.5. The van der Waals surface area contributed by atoms with E-state index in [1.165, 1.54) is 6.92 Å². The molecule has 1 saturated heterocycles. The third-order valence-electron chi connectivity index (χ3n) is 11.2. The lowest BCUT2D eigenvalue weighted by Gasteiger charge is -2.44. The topological polar surface area (TPSA) is 180 Å². The molecule has 3 rings (SSSR count). The largest absolute Gasteiger partial charge is 0.479 e. The van der Waals surface area contributed by atoms with Crippen LogP contribution in [0.25, 0.3) is 0 Å². The van der Waals surface area contributed by atoms with Crippen LogP contribution >= 0.6 is 0 Å². The van der Waals surface area contributed by atoms with E-state index in [0.717, 1.165) is 22.3 Å². The van der Waals surface area contributed by atoms with Gasteiger partial charge in [0.05, 0.1) is 11.2 Å². The molecule has 0 aromatic carbocycles. The molecule has 4 N–H and O–H groups in total. The Morgan fingerprint density at radius 3 is 1.82 bits per heavy atom. The van der Waals surface area contributed by atoms with Gasteiger partial charge in [-0.2, -0.15) is 0 Å². The monoisotopic (exact) mass is 790 g/mol. The lowest BCUT2D eigenvalue weighted by molar-refractivity contribution is -0.176. The molecule has 3 fully saturated rings. The minimum Gasteiger partial charge on any atom is -0.479 e. The van der Waals surface area contributed by atoms with Crippen molar-refractivity contribution in [1.82, 2.24) is 0 Å². The van der Waals surface area contributed by atoms with E-state index in [4.69, 9.17) is 19.3 Å². The SMILES string of the molecule is CC(=O)OC1CC(C)(C)C(=C=CC(C)=CC=CC(C)=CC=CC=C(C)C=CC=C(C)C(=O)CC23OC2(C)CC(OC(=O)[C@@H](O)[C@H](O)C(=O)O)CC3(C)C)[C@](C)(O)C1. The first-order valence-electron chi connectivity index (χ1n) is 19.4. The quantitative estimate of drug-likeness (QED) is 0.0439. The lowest BCUT2D eigenvalue weighted by Crippen LogP contribution is -2.50. The molecule has 0 radical (unpaired) electrons. The van der Waals surface area contributed by atoms with E-state index in [0.29, 0.717) is 24.8 Å². The summed E-state index contributed by atoms with van der Waals surface area (Å²) in [5.74, 6) is -3.37. The number of Topliss-reactive ketones (excluding diaryl/α,β-unsaturated/α-hetero) is 1. The van der Waals surface area contributed by atoms with Crippen LogP contribution < -0.4 is 0 Å². The van der Waals surface area contributed by atoms with E-state index in [9.17, 15) is 34.5 Å². The van der Waals surface area contributed by atoms with Gasteiger partial charge in [0.15, 0.2) is 18.0 Å². The molecule has 57 heavy (non-hydrogen) atoms. The van der Waals surface area contributed by atoms with Crippen molar-refractivity contribution in [3.63, 3.8) is 0 Å². The molecule has 1 heterocycles. The Morgan fingerprint density at radius 1 is 0.754 bits per heavy atom. The van der Waals surface area contributed by atoms with Crippen molar-refractivity contribution in [3.8, 4) is 0 Å². The fraction of sp³-hybridized carbons (Fsp3) is 0.543. The third-order valence-corrected chi connectivity index (χ3v) is 11.2. The van der Waals surface area contributed by atoms with E-state index in [-0.39, 0.29) is 36.1 Å². The van der Waals surface area contributed by atoms with E-state index in [1.807, 2.05) is 116 Å². The molecular weight excluding hydrogens is 728 g/mol. The van der Waals surface area contributed by atoms with Crippen LogP contribution in [0.15, 0.2) is 100 Å². The van der Waals surface area contributed by atoms with Gasteiger partial charge in [-0.05, 0) is 77.0 Å². The summed E-state index contributed by atoms with van der Waals surface area (Å²) in [7, 11) is 0. The smallest absolute Gasteiger partial charge is 0.338 e. The molecule has 0 bridgehead atoms. The van der Waals surface area contributed by atoms with Crippen LogP contribution in [0.4, 0.5) is 0 Å². The fourth-order valence-corrected chi connectivity index (χ4v) is 8.30. The van der Waals surface area contributed by atoms with Gasteiger partial charge in [0.2, 0.25) is 0 Å². The van der Waals surface area contributed by atoms with E-state index in [1.54, 1.807) is 19.9 Å². The van der Waals surface area contributed by atoms with E-state index in [2.05, 4.69) is 5.73 Å². The molecule has 4 unspecified atom stereocenters. The predicted molar refractivity (Wildman–Crippen MR) is 218 cm³/mol. The Morgan fingerprint density at radius 2 is 1.30 bits per heavy atom. The van der Waals surface area contributed by atoms with Gasteiger partial charge in [0, 0.05) is 37.2 Å². The third kappa shape index (κ3) is 12.1. The van der Waals surface area contributed by atoms with Crippen LogP contribution in [0.5, 0.6) is 0 Å². The lowest BCUT2D eigenvalue weighted by atomic mass is 9.61. The highest BCUT2D eigenvalue weighted by Crippen LogP contribution is 2.67. The number of ether oxygens (including phenoxy) is 3. The standard InChI is InChI=1S/C46H62O11/c1-29(18-14-19-31(3)22-23-37-42(6,7)24-34(55-33(5)47)26-44(37,10)54)16-12-13-17-30(2)20-15-21-32(4)36(48)28-46-43(8,9)25-35(27-45(46,11)57-46)56-41(53)39(50)38(49)40(51)52/h12-22,34-35,38-39,49-50,54H,24-28H2,1-11H3,(H,51,52)/t23?,34?,35?,38-,39-,44+,45?,46?/m0/s1. The van der Waals surface area contributed by atoms with Gasteiger partial charge in [-0.25, -0.2) is 9.59 Å². The molecule has 0 aromatic rings. The maximum atomic E-state index is 13.4. The number of aliphatic hydroxyl groups is 3. The van der Waals surface area contributed by atoms with Crippen molar-refractivity contribution in [1.29, 1.82) is 0 Å². The van der Waals surface area contributed by atoms with Gasteiger partial charge in [-0.3, -0.25) is 9.59 Å². The summed E-state index contributed by atoms with van der Waals surface area (Å²) in [6.45, 7) is 20.6. The van der Waals surface area contributed by atoms with Gasteiger partial charge in [-0.1, -0.05) is 99.6 Å². The van der Waals surface area contributed by atoms with Crippen molar-refractivity contribution in [2.45, 2.75) is 149 Å². The predicted octanol–water partition coefficient (Wildman–Crippen LogP) is 7.05. The maximum Gasteiger partial charge on any atom is 0.338 e. The molecule has 2 saturated carbocycles. The molecule has 2 aliphatic carbocycles. The zero-order valence-corrected chi connectivity index (χ0v) is 35.3. The molecule has 11 heteroatoms. The Labute approximate surface area is 337 Å². The van der Waals surface area contributed by atoms with Gasteiger partial charge in [0.25, 0.3) is 0 Å².